The summed E-state index contributed by atoms with van der Waals surface area (Å²) in [5.74, 6) is -0.764. The largest absolute Gasteiger partial charge is 0.394 e. The van der Waals surface area contributed by atoms with Crippen molar-refractivity contribution in [2.45, 2.75) is 18.6 Å². The number of carbonyl (C=O) groups is 2. The van der Waals surface area contributed by atoms with E-state index < -0.39 is 24.7 Å². The Morgan fingerprint density at radius 3 is 2.16 bits per heavy atom. The van der Waals surface area contributed by atoms with Gasteiger partial charge in [0.2, 0.25) is 5.91 Å². The SMILES string of the molecule is O=C(N[C@@H](Cc1ccccc1)C(=O)NCC(O)CO)c1ccccc1. The molecule has 2 atom stereocenters. The van der Waals surface area contributed by atoms with Crippen LogP contribution in [0.25, 0.3) is 0 Å². The van der Waals surface area contributed by atoms with Crippen LogP contribution >= 0.6 is 0 Å². The van der Waals surface area contributed by atoms with Crippen LogP contribution < -0.4 is 10.6 Å². The Kier molecular flexibility index (Phi) is 7.13. The molecule has 0 fully saturated rings. The van der Waals surface area contributed by atoms with Gasteiger partial charge in [-0.15, -0.1) is 0 Å². The topological polar surface area (TPSA) is 98.7 Å². The standard InChI is InChI=1S/C19H22N2O4/c22-13-16(23)12-20-19(25)17(11-14-7-3-1-4-8-14)21-18(24)15-9-5-2-6-10-15/h1-10,16-17,22-23H,11-13H2,(H,20,25)(H,21,24)/t16?,17-/m0/s1. The average Bonchev–Trinajstić information content (AvgIpc) is 2.66. The predicted octanol–water partition coefficient (Wildman–Crippen LogP) is 0.497. The van der Waals surface area contributed by atoms with E-state index in [2.05, 4.69) is 10.6 Å². The number of hydrogen-bond donors (Lipinski definition) is 4. The Bertz CT molecular complexity index is 676. The molecule has 25 heavy (non-hydrogen) atoms. The molecule has 2 aromatic carbocycles. The van der Waals surface area contributed by atoms with Gasteiger partial charge in [0, 0.05) is 18.5 Å². The summed E-state index contributed by atoms with van der Waals surface area (Å²) in [6.45, 7) is -0.526. The van der Waals surface area contributed by atoms with Gasteiger partial charge in [0.15, 0.2) is 0 Å². The molecule has 0 aliphatic rings. The van der Waals surface area contributed by atoms with E-state index in [-0.39, 0.29) is 12.5 Å². The van der Waals surface area contributed by atoms with E-state index in [1.54, 1.807) is 30.3 Å². The van der Waals surface area contributed by atoms with Gasteiger partial charge >= 0.3 is 0 Å². The van der Waals surface area contributed by atoms with Crippen LogP contribution in [0.5, 0.6) is 0 Å². The minimum absolute atomic E-state index is 0.0815. The van der Waals surface area contributed by atoms with Gasteiger partial charge in [0.05, 0.1) is 12.7 Å². The lowest BCUT2D eigenvalue weighted by Gasteiger charge is -2.19. The molecule has 0 aliphatic carbocycles. The van der Waals surface area contributed by atoms with Gasteiger partial charge in [-0.3, -0.25) is 9.59 Å². The van der Waals surface area contributed by atoms with Crippen LogP contribution in [0.3, 0.4) is 0 Å². The Balaban J connectivity index is 2.08. The van der Waals surface area contributed by atoms with Gasteiger partial charge in [0.1, 0.15) is 6.04 Å². The van der Waals surface area contributed by atoms with Gasteiger partial charge < -0.3 is 20.8 Å². The number of nitrogens with one attached hydrogen (secondary N) is 2. The smallest absolute Gasteiger partial charge is 0.251 e. The summed E-state index contributed by atoms with van der Waals surface area (Å²) in [5.41, 5.74) is 1.36. The number of carbonyl (C=O) groups excluding carboxylic acids is 2. The maximum absolute atomic E-state index is 12.4. The van der Waals surface area contributed by atoms with Crippen molar-refractivity contribution >= 4 is 11.8 Å². The molecule has 4 N–H and O–H groups in total. The van der Waals surface area contributed by atoms with Gasteiger partial charge in [-0.25, -0.2) is 0 Å². The summed E-state index contributed by atoms with van der Waals surface area (Å²) in [6, 6.07) is 17.2. The summed E-state index contributed by atoms with van der Waals surface area (Å²) in [6.07, 6.45) is -0.716. The summed E-state index contributed by atoms with van der Waals surface area (Å²) < 4.78 is 0. The van der Waals surface area contributed by atoms with Crippen LogP contribution in [-0.4, -0.2) is 47.3 Å². The van der Waals surface area contributed by atoms with Gasteiger partial charge in [-0.05, 0) is 17.7 Å². The number of aliphatic hydroxyl groups excluding tert-OH is 2. The first-order valence-electron chi connectivity index (χ1n) is 8.06. The quantitative estimate of drug-likeness (QED) is 0.561. The van der Waals surface area contributed by atoms with E-state index in [0.717, 1.165) is 5.56 Å². The van der Waals surface area contributed by atoms with Crippen LogP contribution in [0.15, 0.2) is 60.7 Å². The molecular formula is C19H22N2O4. The average molecular weight is 342 g/mol. The fourth-order valence-electron chi connectivity index (χ4n) is 2.30. The third kappa shape index (κ3) is 6.02. The molecule has 132 valence electrons. The van der Waals surface area contributed by atoms with Gasteiger partial charge in [0.25, 0.3) is 5.91 Å². The van der Waals surface area contributed by atoms with Crippen molar-refractivity contribution in [2.24, 2.45) is 0 Å². The van der Waals surface area contributed by atoms with Crippen LogP contribution in [0.2, 0.25) is 0 Å². The number of hydrogen-bond acceptors (Lipinski definition) is 4. The zero-order chi connectivity index (χ0) is 18.1. The lowest BCUT2D eigenvalue weighted by Crippen LogP contribution is -2.49. The molecule has 0 heterocycles. The molecule has 0 aliphatic heterocycles. The van der Waals surface area contributed by atoms with Crippen LogP contribution in [0, 0.1) is 0 Å². The van der Waals surface area contributed by atoms with Gasteiger partial charge in [-0.2, -0.15) is 0 Å². The van der Waals surface area contributed by atoms with E-state index >= 15 is 0 Å². The molecule has 0 bridgehead atoms. The monoisotopic (exact) mass is 342 g/mol. The molecule has 2 rings (SSSR count). The highest BCUT2D eigenvalue weighted by molar-refractivity contribution is 5.97. The predicted molar refractivity (Wildman–Crippen MR) is 93.9 cm³/mol. The lowest BCUT2D eigenvalue weighted by molar-refractivity contribution is -0.123. The Morgan fingerprint density at radius 2 is 1.56 bits per heavy atom. The number of aliphatic hydroxyl groups is 2. The Labute approximate surface area is 146 Å². The van der Waals surface area contributed by atoms with Crippen molar-refractivity contribution in [2.75, 3.05) is 13.2 Å². The van der Waals surface area contributed by atoms with Crippen molar-refractivity contribution in [3.63, 3.8) is 0 Å². The molecule has 6 heteroatoms. The highest BCUT2D eigenvalue weighted by Crippen LogP contribution is 2.06. The highest BCUT2D eigenvalue weighted by Gasteiger charge is 2.22. The molecule has 0 radical (unpaired) electrons. The molecule has 6 nitrogen and oxygen atoms in total. The summed E-state index contributed by atoms with van der Waals surface area (Å²) in [7, 11) is 0. The molecule has 0 spiro atoms. The lowest BCUT2D eigenvalue weighted by atomic mass is 10.0. The zero-order valence-electron chi connectivity index (χ0n) is 13.8. The molecule has 2 amide bonds. The van der Waals surface area contributed by atoms with Crippen molar-refractivity contribution in [3.05, 3.63) is 71.8 Å². The van der Waals surface area contributed by atoms with E-state index in [9.17, 15) is 14.7 Å². The Hall–Kier alpha value is -2.70. The molecule has 0 saturated heterocycles. The second kappa shape index (κ2) is 9.56. The van der Waals surface area contributed by atoms with E-state index in [1.807, 2.05) is 30.3 Å². The molecule has 0 aromatic heterocycles. The first-order valence-corrected chi connectivity index (χ1v) is 8.06. The van der Waals surface area contributed by atoms with E-state index in [0.29, 0.717) is 12.0 Å². The normalized spacial score (nSPS) is 12.9. The number of benzene rings is 2. The minimum atomic E-state index is -1.04. The molecular weight excluding hydrogens is 320 g/mol. The van der Waals surface area contributed by atoms with Crippen molar-refractivity contribution in [1.29, 1.82) is 0 Å². The summed E-state index contributed by atoms with van der Waals surface area (Å²) in [5, 5.41) is 23.5. The van der Waals surface area contributed by atoms with E-state index in [4.69, 9.17) is 5.11 Å². The maximum Gasteiger partial charge on any atom is 0.251 e. The van der Waals surface area contributed by atoms with Crippen LogP contribution in [0.1, 0.15) is 15.9 Å². The summed E-state index contributed by atoms with van der Waals surface area (Å²) in [4.78, 5) is 24.8. The fraction of sp³-hybridized carbons (Fsp3) is 0.263. The Morgan fingerprint density at radius 1 is 0.960 bits per heavy atom. The van der Waals surface area contributed by atoms with Crippen molar-refractivity contribution < 1.29 is 19.8 Å². The second-order valence-electron chi connectivity index (χ2n) is 5.66. The van der Waals surface area contributed by atoms with Crippen molar-refractivity contribution in [3.8, 4) is 0 Å². The van der Waals surface area contributed by atoms with Gasteiger partial charge in [-0.1, -0.05) is 48.5 Å². The second-order valence-corrected chi connectivity index (χ2v) is 5.66. The number of rotatable bonds is 8. The molecule has 0 saturated carbocycles. The maximum atomic E-state index is 12.4. The number of amides is 2. The van der Waals surface area contributed by atoms with E-state index in [1.165, 1.54) is 0 Å². The molecule has 2 aromatic rings. The highest BCUT2D eigenvalue weighted by atomic mass is 16.3. The van der Waals surface area contributed by atoms with Crippen molar-refractivity contribution in [1.82, 2.24) is 10.6 Å². The summed E-state index contributed by atoms with van der Waals surface area (Å²) >= 11 is 0. The first kappa shape index (κ1) is 18.6. The zero-order valence-corrected chi connectivity index (χ0v) is 13.8. The minimum Gasteiger partial charge on any atom is -0.394 e. The third-order valence-corrected chi connectivity index (χ3v) is 3.66. The van der Waals surface area contributed by atoms with Crippen LogP contribution in [0.4, 0.5) is 0 Å². The first-order chi connectivity index (χ1) is 12.1. The fourth-order valence-corrected chi connectivity index (χ4v) is 2.30. The molecule has 1 unspecified atom stereocenters. The third-order valence-electron chi connectivity index (χ3n) is 3.66. The van der Waals surface area contributed by atoms with Crippen LogP contribution in [-0.2, 0) is 11.2 Å².